The largest absolute Gasteiger partial charge is 0.463 e. The molecular weight excluding hydrogens is 388 g/mol. The molecular formula is C23H42O7. The highest BCUT2D eigenvalue weighted by Gasteiger charge is 2.61. The van der Waals surface area contributed by atoms with Gasteiger partial charge < -0.3 is 28.4 Å². The summed E-state index contributed by atoms with van der Waals surface area (Å²) in [5.41, 5.74) is 0. The summed E-state index contributed by atoms with van der Waals surface area (Å²) in [4.78, 5) is 11.6. The molecule has 176 valence electrons. The van der Waals surface area contributed by atoms with Crippen molar-refractivity contribution in [1.82, 2.24) is 0 Å². The molecule has 30 heavy (non-hydrogen) atoms. The second-order valence-electron chi connectivity index (χ2n) is 9.80. The van der Waals surface area contributed by atoms with E-state index >= 15 is 0 Å². The first-order valence-corrected chi connectivity index (χ1v) is 11.2. The molecule has 0 aliphatic carbocycles. The lowest BCUT2D eigenvalue weighted by atomic mass is 9.85. The predicted molar refractivity (Wildman–Crippen MR) is 113 cm³/mol. The van der Waals surface area contributed by atoms with Gasteiger partial charge in [0.1, 0.15) is 31.0 Å². The molecule has 7 heteroatoms. The van der Waals surface area contributed by atoms with E-state index in [0.717, 1.165) is 0 Å². The smallest absolute Gasteiger partial charge is 0.302 e. The lowest BCUT2D eigenvalue weighted by molar-refractivity contribution is -0.466. The van der Waals surface area contributed by atoms with Crippen LogP contribution in [-0.4, -0.2) is 62.3 Å². The van der Waals surface area contributed by atoms with Crippen molar-refractivity contribution in [3.05, 3.63) is 0 Å². The standard InChI is InChI=1S/C23H42O7/c1-13(2)22(14(3)4)27-18(11-25-10)20-21(30-22)19(12-26-17(9)24)28-23(29-20,15(5)6)16(7)8/h13-16,18-21H,11-12H2,1-10H3. The molecule has 4 unspecified atom stereocenters. The Kier molecular flexibility index (Phi) is 8.36. The minimum atomic E-state index is -0.847. The first-order valence-electron chi connectivity index (χ1n) is 11.2. The minimum Gasteiger partial charge on any atom is -0.463 e. The van der Waals surface area contributed by atoms with Crippen molar-refractivity contribution in [2.45, 2.75) is 98.3 Å². The van der Waals surface area contributed by atoms with Gasteiger partial charge in [0.25, 0.3) is 0 Å². The molecule has 2 aliphatic rings. The normalized spacial score (nSPS) is 30.7. The van der Waals surface area contributed by atoms with E-state index in [2.05, 4.69) is 55.4 Å². The van der Waals surface area contributed by atoms with Crippen LogP contribution in [0.25, 0.3) is 0 Å². The van der Waals surface area contributed by atoms with Gasteiger partial charge in [-0.1, -0.05) is 55.4 Å². The molecule has 4 atom stereocenters. The van der Waals surface area contributed by atoms with E-state index in [0.29, 0.717) is 6.61 Å². The monoisotopic (exact) mass is 430 g/mol. The Bertz CT molecular complexity index is 556. The van der Waals surface area contributed by atoms with Crippen LogP contribution >= 0.6 is 0 Å². The summed E-state index contributed by atoms with van der Waals surface area (Å²) in [6, 6.07) is 0. The maximum atomic E-state index is 11.6. The Morgan fingerprint density at radius 3 is 1.40 bits per heavy atom. The van der Waals surface area contributed by atoms with E-state index in [-0.39, 0.29) is 42.4 Å². The molecule has 2 rings (SSSR count). The molecule has 2 aliphatic heterocycles. The van der Waals surface area contributed by atoms with Gasteiger partial charge in [-0.2, -0.15) is 0 Å². The number of hydrogen-bond donors (Lipinski definition) is 0. The Morgan fingerprint density at radius 1 is 0.733 bits per heavy atom. The van der Waals surface area contributed by atoms with Gasteiger partial charge in [0.2, 0.25) is 0 Å². The van der Waals surface area contributed by atoms with Crippen molar-refractivity contribution in [1.29, 1.82) is 0 Å². The second kappa shape index (κ2) is 9.82. The number of fused-ring (bicyclic) bond motifs is 1. The molecule has 7 nitrogen and oxygen atoms in total. The maximum Gasteiger partial charge on any atom is 0.302 e. The fourth-order valence-corrected chi connectivity index (χ4v) is 4.84. The van der Waals surface area contributed by atoms with Gasteiger partial charge in [-0.15, -0.1) is 0 Å². The van der Waals surface area contributed by atoms with Gasteiger partial charge in [-0.05, 0) is 0 Å². The van der Waals surface area contributed by atoms with Crippen molar-refractivity contribution in [3.8, 4) is 0 Å². The maximum absolute atomic E-state index is 11.6. The zero-order valence-corrected chi connectivity index (χ0v) is 20.4. The van der Waals surface area contributed by atoms with E-state index in [9.17, 15) is 4.79 Å². The van der Waals surface area contributed by atoms with Crippen molar-refractivity contribution in [2.24, 2.45) is 23.7 Å². The van der Waals surface area contributed by atoms with Crippen LogP contribution in [0.3, 0.4) is 0 Å². The molecule has 0 aromatic heterocycles. The lowest BCUT2D eigenvalue weighted by Crippen LogP contribution is -2.72. The number of hydrogen-bond acceptors (Lipinski definition) is 7. The van der Waals surface area contributed by atoms with Crippen LogP contribution in [0, 0.1) is 23.7 Å². The summed E-state index contributed by atoms with van der Waals surface area (Å²) in [6.07, 6.45) is -1.67. The van der Waals surface area contributed by atoms with Gasteiger partial charge in [0.05, 0.1) is 6.61 Å². The predicted octanol–water partition coefficient (Wildman–Crippen LogP) is 3.78. The first-order chi connectivity index (χ1) is 13.9. The number of rotatable bonds is 8. The zero-order valence-electron chi connectivity index (χ0n) is 20.4. The summed E-state index contributed by atoms with van der Waals surface area (Å²) < 4.78 is 37.4. The van der Waals surface area contributed by atoms with Crippen LogP contribution in [0.4, 0.5) is 0 Å². The quantitative estimate of drug-likeness (QED) is 0.543. The average Bonchev–Trinajstić information content (AvgIpc) is 2.65. The summed E-state index contributed by atoms with van der Waals surface area (Å²) >= 11 is 0. The molecule has 0 N–H and O–H groups in total. The van der Waals surface area contributed by atoms with E-state index in [1.165, 1.54) is 6.92 Å². The summed E-state index contributed by atoms with van der Waals surface area (Å²) in [6.45, 7) is 18.5. The highest BCUT2D eigenvalue weighted by Crippen LogP contribution is 2.48. The average molecular weight is 431 g/mol. The Labute approximate surface area is 182 Å². The third kappa shape index (κ3) is 4.70. The molecule has 2 saturated heterocycles. The molecule has 0 spiro atoms. The van der Waals surface area contributed by atoms with Crippen LogP contribution < -0.4 is 0 Å². The zero-order chi connectivity index (χ0) is 22.9. The van der Waals surface area contributed by atoms with E-state index < -0.39 is 29.9 Å². The molecule has 2 fully saturated rings. The van der Waals surface area contributed by atoms with E-state index in [4.69, 9.17) is 28.4 Å². The van der Waals surface area contributed by atoms with Crippen LogP contribution in [0.1, 0.15) is 62.3 Å². The first kappa shape index (κ1) is 25.5. The highest BCUT2D eigenvalue weighted by molar-refractivity contribution is 5.65. The Morgan fingerprint density at radius 2 is 1.10 bits per heavy atom. The van der Waals surface area contributed by atoms with Crippen molar-refractivity contribution >= 4 is 5.97 Å². The topological polar surface area (TPSA) is 72.5 Å². The van der Waals surface area contributed by atoms with Gasteiger partial charge in [0, 0.05) is 37.7 Å². The number of methoxy groups -OCH3 is 1. The van der Waals surface area contributed by atoms with Gasteiger partial charge >= 0.3 is 5.97 Å². The van der Waals surface area contributed by atoms with Crippen LogP contribution in [0.15, 0.2) is 0 Å². The molecule has 0 bridgehead atoms. The van der Waals surface area contributed by atoms with E-state index in [1.807, 2.05) is 0 Å². The third-order valence-electron chi connectivity index (χ3n) is 6.37. The number of esters is 1. The molecule has 0 saturated carbocycles. The third-order valence-corrected chi connectivity index (χ3v) is 6.37. The minimum absolute atomic E-state index is 0.0726. The number of ether oxygens (including phenoxy) is 6. The SMILES string of the molecule is COCC1OC(C(C)C)(C(C)C)OC2C(COC(C)=O)OC(C(C)C)(C(C)C)OC12. The van der Waals surface area contributed by atoms with Crippen LogP contribution in [0.5, 0.6) is 0 Å². The summed E-state index contributed by atoms with van der Waals surface area (Å²) in [5, 5.41) is 0. The molecule has 2 heterocycles. The van der Waals surface area contributed by atoms with Gasteiger partial charge in [-0.25, -0.2) is 0 Å². The van der Waals surface area contributed by atoms with E-state index in [1.54, 1.807) is 7.11 Å². The second-order valence-corrected chi connectivity index (χ2v) is 9.80. The van der Waals surface area contributed by atoms with Crippen LogP contribution in [-0.2, 0) is 33.2 Å². The van der Waals surface area contributed by atoms with Crippen molar-refractivity contribution in [3.63, 3.8) is 0 Å². The fourth-order valence-electron chi connectivity index (χ4n) is 4.84. The van der Waals surface area contributed by atoms with Gasteiger partial charge in [0.15, 0.2) is 11.6 Å². The number of carbonyl (C=O) groups is 1. The highest BCUT2D eigenvalue weighted by atomic mass is 16.8. The molecule has 0 radical (unpaired) electrons. The lowest BCUT2D eigenvalue weighted by Gasteiger charge is -2.59. The molecule has 0 amide bonds. The van der Waals surface area contributed by atoms with Crippen molar-refractivity contribution < 1.29 is 33.2 Å². The van der Waals surface area contributed by atoms with Crippen LogP contribution in [0.2, 0.25) is 0 Å². The number of carbonyl (C=O) groups excluding carboxylic acids is 1. The molecule has 0 aromatic carbocycles. The molecule has 0 aromatic rings. The Hall–Kier alpha value is -0.730. The Balaban J connectivity index is 2.52. The summed E-state index contributed by atoms with van der Waals surface area (Å²) in [7, 11) is 1.66. The summed E-state index contributed by atoms with van der Waals surface area (Å²) in [5.74, 6) is -1.68. The fraction of sp³-hybridized carbons (Fsp3) is 0.957. The van der Waals surface area contributed by atoms with Crippen molar-refractivity contribution in [2.75, 3.05) is 20.3 Å². The van der Waals surface area contributed by atoms with Gasteiger partial charge in [-0.3, -0.25) is 4.79 Å².